The van der Waals surface area contributed by atoms with Crippen molar-refractivity contribution in [3.8, 4) is 5.75 Å². The summed E-state index contributed by atoms with van der Waals surface area (Å²) in [5.41, 5.74) is 0.999. The first-order valence-corrected chi connectivity index (χ1v) is 8.99. The number of hydrogen-bond acceptors (Lipinski definition) is 4. The largest absolute Gasteiger partial charge is 0.497 e. The van der Waals surface area contributed by atoms with Gasteiger partial charge in [-0.2, -0.15) is 0 Å². The van der Waals surface area contributed by atoms with Crippen molar-refractivity contribution < 1.29 is 4.74 Å². The van der Waals surface area contributed by atoms with Crippen LogP contribution in [0.3, 0.4) is 0 Å². The summed E-state index contributed by atoms with van der Waals surface area (Å²) in [5.74, 6) is 1.41. The molecule has 1 saturated heterocycles. The third-order valence-electron chi connectivity index (χ3n) is 4.02. The highest BCUT2D eigenvalue weighted by Crippen LogP contribution is 2.29. The van der Waals surface area contributed by atoms with E-state index >= 15 is 0 Å². The van der Waals surface area contributed by atoms with E-state index in [1.54, 1.807) is 25.4 Å². The molecule has 8 heteroatoms. The minimum atomic E-state index is 0.642. The molecule has 5 nitrogen and oxygen atoms in total. The summed E-state index contributed by atoms with van der Waals surface area (Å²) < 4.78 is 5.20. The highest BCUT2D eigenvalue weighted by Gasteiger charge is 2.21. The van der Waals surface area contributed by atoms with Crippen LogP contribution in [-0.4, -0.2) is 48.3 Å². The van der Waals surface area contributed by atoms with E-state index in [-0.39, 0.29) is 0 Å². The van der Waals surface area contributed by atoms with Gasteiger partial charge in [0.1, 0.15) is 11.6 Å². The molecule has 2 aromatic rings. The SMILES string of the molecule is COc1ccnc(NC(=S)N2CCN(c3ccc(Cl)cc3Cl)CC2)c1. The summed E-state index contributed by atoms with van der Waals surface area (Å²) in [5, 5.41) is 5.13. The molecule has 1 aliphatic heterocycles. The van der Waals surface area contributed by atoms with Gasteiger partial charge in [-0.15, -0.1) is 0 Å². The van der Waals surface area contributed by atoms with E-state index in [0.29, 0.717) is 21.0 Å². The van der Waals surface area contributed by atoms with E-state index in [0.717, 1.165) is 37.6 Å². The highest BCUT2D eigenvalue weighted by molar-refractivity contribution is 7.80. The van der Waals surface area contributed by atoms with Crippen LogP contribution in [0, 0.1) is 0 Å². The molecule has 3 rings (SSSR count). The van der Waals surface area contributed by atoms with Gasteiger partial charge in [-0.3, -0.25) is 0 Å². The fraction of sp³-hybridized carbons (Fsp3) is 0.294. The predicted octanol–water partition coefficient (Wildman–Crippen LogP) is 3.92. The van der Waals surface area contributed by atoms with Crippen LogP contribution >= 0.6 is 35.4 Å². The molecular formula is C17H18Cl2N4OS. The molecule has 0 amide bonds. The van der Waals surface area contributed by atoms with Crippen LogP contribution in [0.25, 0.3) is 0 Å². The molecule has 0 saturated carbocycles. The van der Waals surface area contributed by atoms with Crippen LogP contribution in [0.5, 0.6) is 5.75 Å². The number of hydrogen-bond donors (Lipinski definition) is 1. The molecule has 0 unspecified atom stereocenters. The molecule has 0 spiro atoms. The van der Waals surface area contributed by atoms with Gasteiger partial charge >= 0.3 is 0 Å². The summed E-state index contributed by atoms with van der Waals surface area (Å²) in [4.78, 5) is 8.62. The molecule has 2 heterocycles. The van der Waals surface area contributed by atoms with Crippen molar-refractivity contribution >= 4 is 52.0 Å². The number of halogens is 2. The quantitative estimate of drug-likeness (QED) is 0.792. The fourth-order valence-corrected chi connectivity index (χ4v) is 3.50. The summed E-state index contributed by atoms with van der Waals surface area (Å²) in [6.07, 6.45) is 1.68. The molecule has 1 aromatic carbocycles. The summed E-state index contributed by atoms with van der Waals surface area (Å²) in [7, 11) is 1.62. The van der Waals surface area contributed by atoms with Crippen molar-refractivity contribution in [1.29, 1.82) is 0 Å². The molecule has 132 valence electrons. The lowest BCUT2D eigenvalue weighted by molar-refractivity contribution is 0.390. The van der Waals surface area contributed by atoms with Crippen molar-refractivity contribution in [2.45, 2.75) is 0 Å². The van der Waals surface area contributed by atoms with Crippen LogP contribution in [0.4, 0.5) is 11.5 Å². The molecule has 1 N–H and O–H groups in total. The van der Waals surface area contributed by atoms with Crippen LogP contribution in [0.1, 0.15) is 0 Å². The second-order valence-corrected chi connectivity index (χ2v) is 6.81. The minimum Gasteiger partial charge on any atom is -0.497 e. The standard InChI is InChI=1S/C17H18Cl2N4OS/c1-24-13-4-5-20-16(11-13)21-17(25)23-8-6-22(7-9-23)15-3-2-12(18)10-14(15)19/h2-5,10-11H,6-9H2,1H3,(H,20,21,25). The lowest BCUT2D eigenvalue weighted by atomic mass is 10.2. The lowest BCUT2D eigenvalue weighted by Gasteiger charge is -2.37. The van der Waals surface area contributed by atoms with E-state index < -0.39 is 0 Å². The van der Waals surface area contributed by atoms with Gasteiger partial charge in [0.2, 0.25) is 0 Å². The molecule has 0 atom stereocenters. The zero-order valence-corrected chi connectivity index (χ0v) is 16.0. The summed E-state index contributed by atoms with van der Waals surface area (Å²) >= 11 is 17.8. The van der Waals surface area contributed by atoms with Crippen molar-refractivity contribution in [3.05, 3.63) is 46.6 Å². The third kappa shape index (κ3) is 4.45. The third-order valence-corrected chi connectivity index (χ3v) is 4.92. The number of nitrogens with one attached hydrogen (secondary N) is 1. The Balaban J connectivity index is 1.58. The number of thiocarbonyl (C=S) groups is 1. The van der Waals surface area contributed by atoms with Crippen LogP contribution in [0.15, 0.2) is 36.5 Å². The number of benzene rings is 1. The second kappa shape index (κ2) is 8.08. The number of rotatable bonds is 3. The van der Waals surface area contributed by atoms with E-state index in [1.165, 1.54) is 0 Å². The molecule has 0 radical (unpaired) electrons. The van der Waals surface area contributed by atoms with Gasteiger partial charge < -0.3 is 19.9 Å². The Morgan fingerprint density at radius 3 is 2.60 bits per heavy atom. The van der Waals surface area contributed by atoms with Crippen molar-refractivity contribution in [2.24, 2.45) is 0 Å². The van der Waals surface area contributed by atoms with Crippen LogP contribution in [0.2, 0.25) is 10.0 Å². The van der Waals surface area contributed by atoms with Crippen molar-refractivity contribution in [3.63, 3.8) is 0 Å². The summed E-state index contributed by atoms with van der Waals surface area (Å²) in [6, 6.07) is 9.19. The fourth-order valence-electron chi connectivity index (χ4n) is 2.68. The smallest absolute Gasteiger partial charge is 0.174 e. The van der Waals surface area contributed by atoms with E-state index in [4.69, 9.17) is 40.2 Å². The van der Waals surface area contributed by atoms with Crippen LogP contribution < -0.4 is 15.0 Å². The normalized spacial score (nSPS) is 14.4. The number of methoxy groups -OCH3 is 1. The van der Waals surface area contributed by atoms with Crippen molar-refractivity contribution in [2.75, 3.05) is 43.5 Å². The molecule has 25 heavy (non-hydrogen) atoms. The minimum absolute atomic E-state index is 0.642. The zero-order chi connectivity index (χ0) is 17.8. The maximum Gasteiger partial charge on any atom is 0.174 e. The van der Waals surface area contributed by atoms with E-state index in [1.807, 2.05) is 18.2 Å². The Morgan fingerprint density at radius 1 is 1.16 bits per heavy atom. The lowest BCUT2D eigenvalue weighted by Crippen LogP contribution is -2.50. The molecule has 0 bridgehead atoms. The maximum atomic E-state index is 6.30. The Hall–Kier alpha value is -1.76. The van der Waals surface area contributed by atoms with E-state index in [9.17, 15) is 0 Å². The van der Waals surface area contributed by atoms with Gasteiger partial charge in [-0.1, -0.05) is 23.2 Å². The summed E-state index contributed by atoms with van der Waals surface area (Å²) in [6.45, 7) is 3.26. The van der Waals surface area contributed by atoms with Crippen LogP contribution in [-0.2, 0) is 0 Å². The number of aromatic nitrogens is 1. The second-order valence-electron chi connectivity index (χ2n) is 5.58. The van der Waals surface area contributed by atoms with Crippen molar-refractivity contribution in [1.82, 2.24) is 9.88 Å². The molecule has 1 fully saturated rings. The first kappa shape index (κ1) is 18.0. The first-order chi connectivity index (χ1) is 12.1. The van der Waals surface area contributed by atoms with Gasteiger partial charge in [0.25, 0.3) is 0 Å². The number of anilines is 2. The Kier molecular flexibility index (Phi) is 5.83. The van der Waals surface area contributed by atoms with E-state index in [2.05, 4.69) is 20.1 Å². The zero-order valence-electron chi connectivity index (χ0n) is 13.7. The number of pyridine rings is 1. The van der Waals surface area contributed by atoms with Gasteiger partial charge in [-0.25, -0.2) is 4.98 Å². The molecule has 0 aliphatic carbocycles. The molecule has 1 aliphatic rings. The van der Waals surface area contributed by atoms with Gasteiger partial charge in [0.05, 0.1) is 17.8 Å². The Morgan fingerprint density at radius 2 is 1.92 bits per heavy atom. The molecular weight excluding hydrogens is 379 g/mol. The Labute approximate surface area is 162 Å². The first-order valence-electron chi connectivity index (χ1n) is 7.83. The number of nitrogens with zero attached hydrogens (tertiary/aromatic N) is 3. The average molecular weight is 397 g/mol. The molecule has 1 aromatic heterocycles. The predicted molar refractivity (Wildman–Crippen MR) is 107 cm³/mol. The van der Waals surface area contributed by atoms with Gasteiger partial charge in [0, 0.05) is 43.5 Å². The highest BCUT2D eigenvalue weighted by atomic mass is 35.5. The number of piperazine rings is 1. The average Bonchev–Trinajstić information content (AvgIpc) is 2.62. The maximum absolute atomic E-state index is 6.30. The number of ether oxygens (including phenoxy) is 1. The topological polar surface area (TPSA) is 40.6 Å². The Bertz CT molecular complexity index is 766. The van der Waals surface area contributed by atoms with Gasteiger partial charge in [-0.05, 0) is 36.5 Å². The monoisotopic (exact) mass is 396 g/mol. The van der Waals surface area contributed by atoms with Gasteiger partial charge in [0.15, 0.2) is 5.11 Å².